The zero-order chi connectivity index (χ0) is 24.7. The van der Waals surface area contributed by atoms with Crippen LogP contribution >= 0.6 is 23.4 Å². The molecule has 0 saturated heterocycles. The molecule has 3 aromatic carbocycles. The Morgan fingerprint density at radius 2 is 1.72 bits per heavy atom. The van der Waals surface area contributed by atoms with E-state index in [4.69, 9.17) is 21.3 Å². The molecular weight excluding hydrogens is 488 g/mol. The van der Waals surface area contributed by atoms with Crippen LogP contribution in [0.15, 0.2) is 82.7 Å². The zero-order valence-electron chi connectivity index (χ0n) is 20.2. The molecule has 0 amide bonds. The van der Waals surface area contributed by atoms with Crippen molar-refractivity contribution in [3.63, 3.8) is 0 Å². The summed E-state index contributed by atoms with van der Waals surface area (Å²) < 4.78 is 7.18. The highest BCUT2D eigenvalue weighted by molar-refractivity contribution is 7.98. The third kappa shape index (κ3) is 4.04. The normalized spacial score (nSPS) is 15.5. The van der Waals surface area contributed by atoms with Gasteiger partial charge >= 0.3 is 0 Å². The molecule has 6 heteroatoms. The first-order valence-electron chi connectivity index (χ1n) is 12.4. The van der Waals surface area contributed by atoms with Gasteiger partial charge in [0.2, 0.25) is 0 Å². The SMILES string of the molecule is COc1ccc(-n2c(SCc3ccc(Cl)cc3)nc3c(c2=O)C2(CCCC2)Cc2ccccc2-3)cc1. The Morgan fingerprint density at radius 3 is 2.44 bits per heavy atom. The van der Waals surface area contributed by atoms with E-state index in [2.05, 4.69) is 18.2 Å². The number of halogens is 1. The van der Waals surface area contributed by atoms with Crippen molar-refractivity contribution in [2.24, 2.45) is 0 Å². The number of thioether (sulfide) groups is 1. The maximum absolute atomic E-state index is 14.5. The van der Waals surface area contributed by atoms with Crippen LogP contribution in [0.4, 0.5) is 0 Å². The molecule has 0 atom stereocenters. The minimum absolute atomic E-state index is 0.0557. The van der Waals surface area contributed by atoms with Crippen LogP contribution in [0.25, 0.3) is 16.9 Å². The van der Waals surface area contributed by atoms with Crippen molar-refractivity contribution in [2.45, 2.75) is 48.4 Å². The Labute approximate surface area is 220 Å². The minimum Gasteiger partial charge on any atom is -0.497 e. The van der Waals surface area contributed by atoms with Crippen LogP contribution in [-0.4, -0.2) is 16.7 Å². The molecule has 1 aromatic heterocycles. The summed E-state index contributed by atoms with van der Waals surface area (Å²) in [4.78, 5) is 19.7. The van der Waals surface area contributed by atoms with E-state index in [-0.39, 0.29) is 11.0 Å². The van der Waals surface area contributed by atoms with E-state index in [1.165, 1.54) is 5.56 Å². The molecule has 36 heavy (non-hydrogen) atoms. The van der Waals surface area contributed by atoms with Gasteiger partial charge in [0.25, 0.3) is 5.56 Å². The van der Waals surface area contributed by atoms with Crippen LogP contribution in [0.2, 0.25) is 5.02 Å². The Hall–Kier alpha value is -3.02. The van der Waals surface area contributed by atoms with E-state index in [9.17, 15) is 4.79 Å². The maximum atomic E-state index is 14.5. The number of benzene rings is 3. The van der Waals surface area contributed by atoms with Crippen molar-refractivity contribution >= 4 is 23.4 Å². The fourth-order valence-corrected chi connectivity index (χ4v) is 6.88. The van der Waals surface area contributed by atoms with Crippen molar-refractivity contribution < 1.29 is 4.74 Å². The standard InChI is InChI=1S/C30H27ClN2O2S/c1-35-24-14-12-23(13-15-24)33-28(34)26-27(32-29(33)36-19-20-8-10-22(31)11-9-20)25-7-3-2-6-21(25)18-30(26)16-4-5-17-30/h2-3,6-15H,4-5,16-19H2,1H3. The number of methoxy groups -OCH3 is 1. The Morgan fingerprint density at radius 1 is 1.00 bits per heavy atom. The van der Waals surface area contributed by atoms with E-state index in [0.29, 0.717) is 15.9 Å². The van der Waals surface area contributed by atoms with Gasteiger partial charge in [0.15, 0.2) is 5.16 Å². The second kappa shape index (κ2) is 9.45. The topological polar surface area (TPSA) is 44.1 Å². The van der Waals surface area contributed by atoms with Crippen LogP contribution in [0.3, 0.4) is 0 Å². The molecule has 4 nitrogen and oxygen atoms in total. The number of ether oxygens (including phenoxy) is 1. The highest BCUT2D eigenvalue weighted by Crippen LogP contribution is 2.50. The first-order chi connectivity index (χ1) is 17.6. The number of hydrogen-bond donors (Lipinski definition) is 0. The number of rotatable bonds is 5. The van der Waals surface area contributed by atoms with E-state index in [1.807, 2.05) is 59.2 Å². The summed E-state index contributed by atoms with van der Waals surface area (Å²) in [5, 5.41) is 1.41. The first-order valence-corrected chi connectivity index (χ1v) is 13.7. The fourth-order valence-electron chi connectivity index (χ4n) is 5.80. The predicted molar refractivity (Wildman–Crippen MR) is 147 cm³/mol. The molecule has 0 N–H and O–H groups in total. The summed E-state index contributed by atoms with van der Waals surface area (Å²) in [6, 6.07) is 24.0. The number of hydrogen-bond acceptors (Lipinski definition) is 4. The lowest BCUT2D eigenvalue weighted by atomic mass is 9.68. The van der Waals surface area contributed by atoms with Crippen molar-refractivity contribution in [3.05, 3.63) is 105 Å². The average Bonchev–Trinajstić information content (AvgIpc) is 3.36. The van der Waals surface area contributed by atoms with Crippen molar-refractivity contribution in [3.8, 4) is 22.7 Å². The molecule has 1 fully saturated rings. The zero-order valence-corrected chi connectivity index (χ0v) is 21.7. The van der Waals surface area contributed by atoms with Crippen LogP contribution in [0, 0.1) is 0 Å². The fraction of sp³-hybridized carbons (Fsp3) is 0.267. The molecule has 182 valence electrons. The number of fused-ring (bicyclic) bond motifs is 4. The quantitative estimate of drug-likeness (QED) is 0.208. The molecular formula is C30H27ClN2O2S. The van der Waals surface area contributed by atoms with E-state index in [0.717, 1.165) is 65.9 Å². The Balaban J connectivity index is 1.56. The number of aromatic nitrogens is 2. The second-order valence-electron chi connectivity index (χ2n) is 9.69. The van der Waals surface area contributed by atoms with E-state index in [1.54, 1.807) is 18.9 Å². The lowest BCUT2D eigenvalue weighted by Gasteiger charge is -2.36. The molecule has 1 saturated carbocycles. The lowest BCUT2D eigenvalue weighted by molar-refractivity contribution is 0.414. The highest BCUT2D eigenvalue weighted by atomic mass is 35.5. The van der Waals surface area contributed by atoms with Gasteiger partial charge in [0, 0.05) is 21.8 Å². The second-order valence-corrected chi connectivity index (χ2v) is 11.1. The van der Waals surface area contributed by atoms with E-state index >= 15 is 0 Å². The van der Waals surface area contributed by atoms with Gasteiger partial charge in [-0.25, -0.2) is 4.98 Å². The monoisotopic (exact) mass is 514 g/mol. The summed E-state index contributed by atoms with van der Waals surface area (Å²) >= 11 is 7.67. The molecule has 6 rings (SSSR count). The third-order valence-corrected chi connectivity index (χ3v) is 8.82. The molecule has 0 radical (unpaired) electrons. The molecule has 2 aliphatic carbocycles. The Kier molecular flexibility index (Phi) is 6.14. The van der Waals surface area contributed by atoms with Crippen molar-refractivity contribution in [2.75, 3.05) is 7.11 Å². The van der Waals surface area contributed by atoms with Crippen molar-refractivity contribution in [1.29, 1.82) is 0 Å². The van der Waals surface area contributed by atoms with Gasteiger partial charge < -0.3 is 4.74 Å². The third-order valence-electron chi connectivity index (χ3n) is 7.56. The maximum Gasteiger partial charge on any atom is 0.263 e. The highest BCUT2D eigenvalue weighted by Gasteiger charge is 2.44. The molecule has 1 heterocycles. The average molecular weight is 515 g/mol. The van der Waals surface area contributed by atoms with Gasteiger partial charge in [-0.05, 0) is 66.8 Å². The minimum atomic E-state index is -0.138. The van der Waals surface area contributed by atoms with Gasteiger partial charge in [-0.3, -0.25) is 9.36 Å². The molecule has 0 unspecified atom stereocenters. The van der Waals surface area contributed by atoms with Crippen LogP contribution in [0.5, 0.6) is 5.75 Å². The van der Waals surface area contributed by atoms with Crippen LogP contribution < -0.4 is 10.3 Å². The Bertz CT molecular complexity index is 1470. The molecule has 2 aliphatic rings. The summed E-state index contributed by atoms with van der Waals surface area (Å²) in [5.74, 6) is 1.44. The van der Waals surface area contributed by atoms with Crippen LogP contribution in [-0.2, 0) is 17.6 Å². The largest absolute Gasteiger partial charge is 0.497 e. The smallest absolute Gasteiger partial charge is 0.263 e. The molecule has 1 spiro atoms. The van der Waals surface area contributed by atoms with Gasteiger partial charge in [-0.1, -0.05) is 72.6 Å². The lowest BCUT2D eigenvalue weighted by Crippen LogP contribution is -2.40. The molecule has 0 bridgehead atoms. The van der Waals surface area contributed by atoms with Crippen molar-refractivity contribution in [1.82, 2.24) is 9.55 Å². The number of nitrogens with zero attached hydrogens (tertiary/aromatic N) is 2. The van der Waals surface area contributed by atoms with Crippen LogP contribution in [0.1, 0.15) is 42.4 Å². The summed E-state index contributed by atoms with van der Waals surface area (Å²) in [5.41, 5.74) is 6.01. The van der Waals surface area contributed by atoms with E-state index < -0.39 is 0 Å². The first kappa shape index (κ1) is 23.4. The van der Waals surface area contributed by atoms with Gasteiger partial charge in [0.1, 0.15) is 5.75 Å². The van der Waals surface area contributed by atoms with Gasteiger partial charge in [-0.15, -0.1) is 0 Å². The van der Waals surface area contributed by atoms with Gasteiger partial charge in [-0.2, -0.15) is 0 Å². The van der Waals surface area contributed by atoms with Gasteiger partial charge in [0.05, 0.1) is 24.1 Å². The summed E-state index contributed by atoms with van der Waals surface area (Å²) in [6.07, 6.45) is 5.27. The predicted octanol–water partition coefficient (Wildman–Crippen LogP) is 7.22. The molecule has 4 aromatic rings. The summed E-state index contributed by atoms with van der Waals surface area (Å²) in [6.45, 7) is 0. The summed E-state index contributed by atoms with van der Waals surface area (Å²) in [7, 11) is 1.65. The molecule has 0 aliphatic heterocycles.